The highest BCUT2D eigenvalue weighted by atomic mass is 16.2. The van der Waals surface area contributed by atoms with Gasteiger partial charge in [-0.2, -0.15) is 0 Å². The maximum absolute atomic E-state index is 11.9. The van der Waals surface area contributed by atoms with Crippen LogP contribution in [0.2, 0.25) is 0 Å². The van der Waals surface area contributed by atoms with Gasteiger partial charge in [0.15, 0.2) is 5.78 Å². The van der Waals surface area contributed by atoms with E-state index < -0.39 is 5.41 Å². The number of rotatable bonds is 5. The normalized spacial score (nSPS) is 12.4. The molecule has 1 N–H and O–H groups in total. The smallest absolute Gasteiger partial charge is 0.219 e. The first-order valence-corrected chi connectivity index (χ1v) is 6.47. The van der Waals surface area contributed by atoms with Crippen LogP contribution in [0.3, 0.4) is 0 Å². The molecule has 0 aromatic carbocycles. The Morgan fingerprint density at radius 1 is 1.06 bits per heavy atom. The molecule has 0 atom stereocenters. The summed E-state index contributed by atoms with van der Waals surface area (Å²) in [4.78, 5) is 25.0. The summed E-state index contributed by atoms with van der Waals surface area (Å²) in [5.74, 6) is 0.0387. The van der Waals surface area contributed by atoms with E-state index in [1.165, 1.54) is 6.92 Å². The van der Waals surface area contributed by atoms with E-state index in [1.54, 1.807) is 4.90 Å². The van der Waals surface area contributed by atoms with E-state index in [-0.39, 0.29) is 23.8 Å². The molecule has 0 aliphatic heterocycles. The molecule has 0 rings (SSSR count). The van der Waals surface area contributed by atoms with Crippen LogP contribution in [0.5, 0.6) is 0 Å². The first-order valence-electron chi connectivity index (χ1n) is 6.47. The minimum Gasteiger partial charge on any atom is -0.334 e. The van der Waals surface area contributed by atoms with Crippen LogP contribution in [-0.4, -0.2) is 41.8 Å². The van der Waals surface area contributed by atoms with Gasteiger partial charge in [0.2, 0.25) is 5.91 Å². The number of carbonyl (C=O) groups is 2. The van der Waals surface area contributed by atoms with E-state index in [9.17, 15) is 9.59 Å². The second kappa shape index (κ2) is 6.32. The van der Waals surface area contributed by atoms with Gasteiger partial charge in [0.25, 0.3) is 0 Å². The predicted molar refractivity (Wildman–Crippen MR) is 74.5 cm³/mol. The molecule has 0 unspecified atom stereocenters. The van der Waals surface area contributed by atoms with Crippen molar-refractivity contribution in [3.63, 3.8) is 0 Å². The predicted octanol–water partition coefficient (Wildman–Crippen LogP) is 1.84. The Labute approximate surface area is 111 Å². The highest BCUT2D eigenvalue weighted by Crippen LogP contribution is 2.15. The number of Topliss-reactive ketones (excluding diaryl/α,β-unsaturated/α-hetero) is 1. The summed E-state index contributed by atoms with van der Waals surface area (Å²) in [5, 5.41) is 3.31. The second-order valence-electron chi connectivity index (χ2n) is 6.79. The van der Waals surface area contributed by atoms with Crippen LogP contribution in [0.25, 0.3) is 0 Å². The van der Waals surface area contributed by atoms with Crippen LogP contribution in [0, 0.1) is 5.41 Å². The van der Waals surface area contributed by atoms with E-state index in [1.807, 2.05) is 20.8 Å². The monoisotopic (exact) mass is 256 g/mol. The molecule has 0 saturated heterocycles. The number of hydrogen-bond donors (Lipinski definition) is 1. The first-order chi connectivity index (χ1) is 7.93. The molecule has 4 nitrogen and oxygen atoms in total. The first kappa shape index (κ1) is 17.1. The van der Waals surface area contributed by atoms with E-state index in [4.69, 9.17) is 0 Å². The Morgan fingerprint density at radius 3 is 1.89 bits per heavy atom. The Morgan fingerprint density at radius 2 is 1.56 bits per heavy atom. The Balaban J connectivity index is 4.34. The Kier molecular flexibility index (Phi) is 6.00. The number of nitrogens with zero attached hydrogens (tertiary/aromatic N) is 1. The highest BCUT2D eigenvalue weighted by Gasteiger charge is 2.24. The number of hydrogen-bond acceptors (Lipinski definition) is 3. The fraction of sp³-hybridized carbons (Fsp3) is 0.857. The summed E-state index contributed by atoms with van der Waals surface area (Å²) in [6.45, 7) is 14.8. The van der Waals surface area contributed by atoms with Gasteiger partial charge in [0, 0.05) is 31.0 Å². The minimum absolute atomic E-state index is 0.0243. The minimum atomic E-state index is -0.398. The second-order valence-corrected chi connectivity index (χ2v) is 6.79. The van der Waals surface area contributed by atoms with Gasteiger partial charge in [0.1, 0.15) is 0 Å². The molecule has 18 heavy (non-hydrogen) atoms. The van der Waals surface area contributed by atoms with E-state index in [2.05, 4.69) is 26.1 Å². The molecule has 0 radical (unpaired) electrons. The molecule has 0 heterocycles. The molecule has 106 valence electrons. The van der Waals surface area contributed by atoms with Crippen molar-refractivity contribution in [1.29, 1.82) is 0 Å². The van der Waals surface area contributed by atoms with Gasteiger partial charge in [-0.25, -0.2) is 0 Å². The number of ketones is 1. The molecule has 0 fully saturated rings. The number of carbonyl (C=O) groups excluding carboxylic acids is 2. The van der Waals surface area contributed by atoms with Gasteiger partial charge in [-0.05, 0) is 20.8 Å². The van der Waals surface area contributed by atoms with Crippen molar-refractivity contribution >= 4 is 11.7 Å². The van der Waals surface area contributed by atoms with Gasteiger partial charge < -0.3 is 10.2 Å². The quantitative estimate of drug-likeness (QED) is 0.816. The van der Waals surface area contributed by atoms with E-state index in [0.717, 1.165) is 0 Å². The fourth-order valence-electron chi connectivity index (χ4n) is 1.32. The lowest BCUT2D eigenvalue weighted by Gasteiger charge is -2.27. The molecule has 0 spiro atoms. The third-order valence-corrected chi connectivity index (χ3v) is 2.65. The lowest BCUT2D eigenvalue weighted by atomic mass is 9.90. The van der Waals surface area contributed by atoms with Crippen LogP contribution in [0.1, 0.15) is 48.5 Å². The van der Waals surface area contributed by atoms with E-state index in [0.29, 0.717) is 13.1 Å². The molecular weight excluding hydrogens is 228 g/mol. The molecule has 0 aromatic heterocycles. The van der Waals surface area contributed by atoms with Gasteiger partial charge in [-0.3, -0.25) is 9.59 Å². The van der Waals surface area contributed by atoms with Crippen LogP contribution in [0.4, 0.5) is 0 Å². The Bertz CT molecular complexity index is 298. The molecule has 4 heteroatoms. The average molecular weight is 256 g/mol. The maximum atomic E-state index is 11.9. The standard InChI is InChI=1S/C14H28N2O2/c1-11(17)16(9-8-15-14(5,6)7)10-12(18)13(2,3)4/h15H,8-10H2,1-7H3. The zero-order chi connectivity index (χ0) is 14.6. The molecule has 0 aliphatic carbocycles. The van der Waals surface area contributed by atoms with Crippen LogP contribution in [-0.2, 0) is 9.59 Å². The largest absolute Gasteiger partial charge is 0.334 e. The van der Waals surface area contributed by atoms with Crippen molar-refractivity contribution in [1.82, 2.24) is 10.2 Å². The lowest BCUT2D eigenvalue weighted by Crippen LogP contribution is -2.45. The molecule has 0 aliphatic rings. The summed E-state index contributed by atoms with van der Waals surface area (Å²) in [7, 11) is 0. The summed E-state index contributed by atoms with van der Waals surface area (Å²) < 4.78 is 0. The van der Waals surface area contributed by atoms with E-state index >= 15 is 0 Å². The molecule has 1 amide bonds. The average Bonchev–Trinajstić information content (AvgIpc) is 2.12. The van der Waals surface area contributed by atoms with Crippen LogP contribution < -0.4 is 5.32 Å². The van der Waals surface area contributed by atoms with Crippen LogP contribution >= 0.6 is 0 Å². The molecule has 0 aromatic rings. The SMILES string of the molecule is CC(=O)N(CCNC(C)(C)C)CC(=O)C(C)(C)C. The Hall–Kier alpha value is -0.900. The zero-order valence-corrected chi connectivity index (χ0v) is 12.9. The third kappa shape index (κ3) is 7.43. The van der Waals surface area contributed by atoms with Crippen molar-refractivity contribution in [3.05, 3.63) is 0 Å². The van der Waals surface area contributed by atoms with Crippen molar-refractivity contribution in [2.24, 2.45) is 5.41 Å². The van der Waals surface area contributed by atoms with Gasteiger partial charge in [0.05, 0.1) is 6.54 Å². The van der Waals surface area contributed by atoms with Crippen molar-refractivity contribution in [3.8, 4) is 0 Å². The summed E-state index contributed by atoms with van der Waals surface area (Å²) in [6, 6.07) is 0. The van der Waals surface area contributed by atoms with Crippen molar-refractivity contribution in [2.75, 3.05) is 19.6 Å². The summed E-state index contributed by atoms with van der Waals surface area (Å²) >= 11 is 0. The van der Waals surface area contributed by atoms with Crippen molar-refractivity contribution in [2.45, 2.75) is 54.0 Å². The highest BCUT2D eigenvalue weighted by molar-refractivity contribution is 5.88. The third-order valence-electron chi connectivity index (χ3n) is 2.65. The summed E-state index contributed by atoms with van der Waals surface area (Å²) in [5.41, 5.74) is -0.373. The summed E-state index contributed by atoms with van der Waals surface area (Å²) in [6.07, 6.45) is 0. The fourth-order valence-corrected chi connectivity index (χ4v) is 1.32. The molecule has 0 bridgehead atoms. The van der Waals surface area contributed by atoms with Gasteiger partial charge in [-0.15, -0.1) is 0 Å². The van der Waals surface area contributed by atoms with Crippen molar-refractivity contribution < 1.29 is 9.59 Å². The number of amides is 1. The van der Waals surface area contributed by atoms with Gasteiger partial charge >= 0.3 is 0 Å². The topological polar surface area (TPSA) is 49.4 Å². The lowest BCUT2D eigenvalue weighted by molar-refractivity contribution is -0.136. The van der Waals surface area contributed by atoms with Gasteiger partial charge in [-0.1, -0.05) is 20.8 Å². The maximum Gasteiger partial charge on any atom is 0.219 e. The van der Waals surface area contributed by atoms with Crippen LogP contribution in [0.15, 0.2) is 0 Å². The molecule has 0 saturated carbocycles. The number of nitrogens with one attached hydrogen (secondary N) is 1. The zero-order valence-electron chi connectivity index (χ0n) is 12.9. The molecular formula is C14H28N2O2.